The number of amides is 1. The first-order chi connectivity index (χ1) is 15.5. The number of halogens is 1. The molecule has 2 saturated heterocycles. The van der Waals surface area contributed by atoms with Crippen molar-refractivity contribution in [3.63, 3.8) is 0 Å². The SMILES string of the molecule is CCOC(=O)N1CC2(CC[C@H](N3CCN(c4nc(C)c(F)cc4-c4nncs4)CC3)C2)C1. The molecule has 1 saturated carbocycles. The number of aromatic nitrogens is 3. The zero-order chi connectivity index (χ0) is 22.3. The first kappa shape index (κ1) is 21.5. The zero-order valence-electron chi connectivity index (χ0n) is 18.6. The number of piperazine rings is 1. The summed E-state index contributed by atoms with van der Waals surface area (Å²) in [5, 5.41) is 8.75. The topological polar surface area (TPSA) is 74.7 Å². The molecule has 32 heavy (non-hydrogen) atoms. The molecule has 1 aliphatic carbocycles. The van der Waals surface area contributed by atoms with Crippen LogP contribution in [0.25, 0.3) is 10.6 Å². The van der Waals surface area contributed by atoms with E-state index in [9.17, 15) is 9.18 Å². The van der Waals surface area contributed by atoms with Crippen LogP contribution in [0, 0.1) is 18.2 Å². The highest BCUT2D eigenvalue weighted by Crippen LogP contribution is 2.47. The van der Waals surface area contributed by atoms with E-state index >= 15 is 0 Å². The van der Waals surface area contributed by atoms with Crippen LogP contribution >= 0.6 is 11.3 Å². The van der Waals surface area contributed by atoms with E-state index in [4.69, 9.17) is 4.74 Å². The molecular formula is C22H29FN6O2S. The summed E-state index contributed by atoms with van der Waals surface area (Å²) in [4.78, 5) is 23.2. The normalized spacial score (nSPS) is 22.9. The van der Waals surface area contributed by atoms with E-state index in [1.807, 2.05) is 11.8 Å². The van der Waals surface area contributed by atoms with Gasteiger partial charge in [0.2, 0.25) is 0 Å². The number of rotatable bonds is 4. The largest absolute Gasteiger partial charge is 0.450 e. The summed E-state index contributed by atoms with van der Waals surface area (Å²) in [6, 6.07) is 2.10. The molecule has 172 valence electrons. The van der Waals surface area contributed by atoms with E-state index in [1.54, 1.807) is 12.4 Å². The van der Waals surface area contributed by atoms with Crippen LogP contribution in [-0.4, -0.2) is 83.0 Å². The molecule has 2 aliphatic heterocycles. The van der Waals surface area contributed by atoms with Crippen LogP contribution < -0.4 is 4.90 Å². The Hall–Kier alpha value is -2.33. The van der Waals surface area contributed by atoms with Gasteiger partial charge in [-0.25, -0.2) is 14.2 Å². The fraction of sp³-hybridized carbons (Fsp3) is 0.636. The molecule has 10 heteroatoms. The number of carbonyl (C=O) groups excluding carboxylic acids is 1. The van der Waals surface area contributed by atoms with Crippen LogP contribution in [0.4, 0.5) is 15.0 Å². The first-order valence-corrected chi connectivity index (χ1v) is 12.2. The molecule has 0 radical (unpaired) electrons. The van der Waals surface area contributed by atoms with Crippen LogP contribution in [0.5, 0.6) is 0 Å². The van der Waals surface area contributed by atoms with Gasteiger partial charge in [0, 0.05) is 50.7 Å². The van der Waals surface area contributed by atoms with E-state index in [2.05, 4.69) is 25.0 Å². The van der Waals surface area contributed by atoms with E-state index in [1.165, 1.54) is 30.2 Å². The molecule has 1 spiro atoms. The highest BCUT2D eigenvalue weighted by atomic mass is 32.1. The third-order valence-electron chi connectivity index (χ3n) is 7.11. The lowest BCUT2D eigenvalue weighted by atomic mass is 9.78. The van der Waals surface area contributed by atoms with E-state index in [0.29, 0.717) is 23.4 Å². The minimum Gasteiger partial charge on any atom is -0.450 e. The van der Waals surface area contributed by atoms with Crippen LogP contribution in [0.15, 0.2) is 11.6 Å². The van der Waals surface area contributed by atoms with Gasteiger partial charge in [-0.3, -0.25) is 4.90 Å². The van der Waals surface area contributed by atoms with Gasteiger partial charge in [0.05, 0.1) is 17.9 Å². The molecule has 1 amide bonds. The summed E-state index contributed by atoms with van der Waals surface area (Å²) in [7, 11) is 0. The monoisotopic (exact) mass is 460 g/mol. The van der Waals surface area contributed by atoms with Crippen molar-refractivity contribution in [3.05, 3.63) is 23.1 Å². The predicted octanol–water partition coefficient (Wildman–Crippen LogP) is 3.18. The lowest BCUT2D eigenvalue weighted by Crippen LogP contribution is -2.58. The quantitative estimate of drug-likeness (QED) is 0.694. The summed E-state index contributed by atoms with van der Waals surface area (Å²) in [5.74, 6) is 0.485. The first-order valence-electron chi connectivity index (χ1n) is 11.3. The second kappa shape index (κ2) is 8.55. The van der Waals surface area contributed by atoms with Crippen LogP contribution in [0.2, 0.25) is 0 Å². The Balaban J connectivity index is 1.21. The van der Waals surface area contributed by atoms with Crippen molar-refractivity contribution < 1.29 is 13.9 Å². The van der Waals surface area contributed by atoms with Gasteiger partial charge in [0.15, 0.2) is 5.01 Å². The van der Waals surface area contributed by atoms with Gasteiger partial charge < -0.3 is 14.5 Å². The number of hydrogen-bond donors (Lipinski definition) is 0. The van der Waals surface area contributed by atoms with E-state index in [-0.39, 0.29) is 17.3 Å². The Labute approximate surface area is 191 Å². The van der Waals surface area contributed by atoms with Gasteiger partial charge in [-0.2, -0.15) is 0 Å². The zero-order valence-corrected chi connectivity index (χ0v) is 19.4. The lowest BCUT2D eigenvalue weighted by Gasteiger charge is -2.48. The van der Waals surface area contributed by atoms with Gasteiger partial charge in [-0.05, 0) is 39.2 Å². The maximum Gasteiger partial charge on any atom is 0.409 e. The average molecular weight is 461 g/mol. The van der Waals surface area contributed by atoms with Crippen LogP contribution in [0.3, 0.4) is 0 Å². The Kier molecular flexibility index (Phi) is 5.75. The molecule has 2 aromatic heterocycles. The number of carbonyl (C=O) groups is 1. The molecule has 3 fully saturated rings. The van der Waals surface area contributed by atoms with Crippen molar-refractivity contribution in [3.8, 4) is 10.6 Å². The Morgan fingerprint density at radius 2 is 2.09 bits per heavy atom. The summed E-state index contributed by atoms with van der Waals surface area (Å²) in [6.07, 6.45) is 3.32. The molecule has 3 aliphatic rings. The fourth-order valence-corrected chi connectivity index (χ4v) is 6.00. The number of hydrogen-bond acceptors (Lipinski definition) is 8. The highest BCUT2D eigenvalue weighted by Gasteiger charge is 2.51. The minimum atomic E-state index is -0.314. The van der Waals surface area contributed by atoms with Gasteiger partial charge in [-0.15, -0.1) is 10.2 Å². The second-order valence-corrected chi connectivity index (χ2v) is 9.98. The standard InChI is InChI=1S/C22H29FN6O2S/c1-3-31-21(30)29-12-22(13-29)5-4-16(11-22)27-6-8-28(9-7-27)19-17(20-26-24-14-32-20)10-18(23)15(2)25-19/h10,14,16H,3-9,11-13H2,1-2H3/t16-/m0/s1. The molecule has 0 aromatic carbocycles. The van der Waals surface area contributed by atoms with Crippen molar-refractivity contribution in [2.24, 2.45) is 5.41 Å². The van der Waals surface area contributed by atoms with Crippen LogP contribution in [-0.2, 0) is 4.74 Å². The van der Waals surface area contributed by atoms with Crippen molar-refractivity contribution in [2.75, 3.05) is 50.8 Å². The van der Waals surface area contributed by atoms with Crippen molar-refractivity contribution in [1.82, 2.24) is 25.0 Å². The summed E-state index contributed by atoms with van der Waals surface area (Å²) in [5.41, 5.74) is 3.06. The molecule has 4 heterocycles. The van der Waals surface area contributed by atoms with E-state index < -0.39 is 0 Å². The summed E-state index contributed by atoms with van der Waals surface area (Å²) >= 11 is 1.40. The summed E-state index contributed by atoms with van der Waals surface area (Å²) in [6.45, 7) is 9.24. The maximum absolute atomic E-state index is 14.3. The molecular weight excluding hydrogens is 431 g/mol. The molecule has 0 bridgehead atoms. The molecule has 1 atom stereocenters. The molecule has 8 nitrogen and oxygen atoms in total. The average Bonchev–Trinajstić information content (AvgIpc) is 3.45. The third-order valence-corrected chi connectivity index (χ3v) is 7.83. The number of aryl methyl sites for hydroxylation is 1. The van der Waals surface area contributed by atoms with Crippen molar-refractivity contribution in [1.29, 1.82) is 0 Å². The van der Waals surface area contributed by atoms with Crippen molar-refractivity contribution >= 4 is 23.2 Å². The number of anilines is 1. The number of pyridine rings is 1. The number of nitrogens with zero attached hydrogens (tertiary/aromatic N) is 6. The fourth-order valence-electron chi connectivity index (χ4n) is 5.44. The lowest BCUT2D eigenvalue weighted by molar-refractivity contribution is -0.00294. The van der Waals surface area contributed by atoms with E-state index in [0.717, 1.165) is 57.1 Å². The van der Waals surface area contributed by atoms with Gasteiger partial charge in [0.1, 0.15) is 17.1 Å². The molecule has 5 rings (SSSR count). The van der Waals surface area contributed by atoms with Crippen molar-refractivity contribution in [2.45, 2.75) is 39.2 Å². The Morgan fingerprint density at radius 3 is 2.78 bits per heavy atom. The van der Waals surface area contributed by atoms with Gasteiger partial charge in [-0.1, -0.05) is 11.3 Å². The minimum absolute atomic E-state index is 0.177. The Bertz CT molecular complexity index is 973. The number of likely N-dealkylation sites (tertiary alicyclic amines) is 1. The number of ether oxygens (including phenoxy) is 1. The summed E-state index contributed by atoms with van der Waals surface area (Å²) < 4.78 is 19.4. The Morgan fingerprint density at radius 1 is 1.31 bits per heavy atom. The molecule has 0 N–H and O–H groups in total. The second-order valence-electron chi connectivity index (χ2n) is 9.15. The van der Waals surface area contributed by atoms with Gasteiger partial charge >= 0.3 is 6.09 Å². The predicted molar refractivity (Wildman–Crippen MR) is 120 cm³/mol. The van der Waals surface area contributed by atoms with Gasteiger partial charge in [0.25, 0.3) is 0 Å². The smallest absolute Gasteiger partial charge is 0.409 e. The highest BCUT2D eigenvalue weighted by molar-refractivity contribution is 7.12. The maximum atomic E-state index is 14.3. The van der Waals surface area contributed by atoms with Crippen LogP contribution in [0.1, 0.15) is 31.9 Å². The third kappa shape index (κ3) is 3.94. The molecule has 2 aromatic rings. The molecule has 0 unspecified atom stereocenters.